The summed E-state index contributed by atoms with van der Waals surface area (Å²) >= 11 is 0. The Morgan fingerprint density at radius 1 is 1.17 bits per heavy atom. The molecule has 0 aromatic heterocycles. The van der Waals surface area contributed by atoms with Gasteiger partial charge in [0, 0.05) is 37.6 Å². The fourth-order valence-corrected chi connectivity index (χ4v) is 3.40. The zero-order valence-electron chi connectivity index (χ0n) is 14.4. The molecule has 1 aliphatic heterocycles. The third-order valence-electron chi connectivity index (χ3n) is 4.80. The van der Waals surface area contributed by atoms with Crippen molar-refractivity contribution < 1.29 is 4.79 Å². The number of rotatable bonds is 3. The molecular formula is C20H25N3O. The minimum atomic E-state index is 0.178. The van der Waals surface area contributed by atoms with Gasteiger partial charge in [-0.05, 0) is 35.7 Å². The summed E-state index contributed by atoms with van der Waals surface area (Å²) in [5, 5.41) is 0. The van der Waals surface area contributed by atoms with Crippen LogP contribution < -0.4 is 10.6 Å². The van der Waals surface area contributed by atoms with E-state index in [1.54, 1.807) is 0 Å². The van der Waals surface area contributed by atoms with Gasteiger partial charge in [0.25, 0.3) is 0 Å². The summed E-state index contributed by atoms with van der Waals surface area (Å²) in [6.45, 7) is 3.69. The molecule has 3 rings (SSSR count). The average Bonchev–Trinajstić information content (AvgIpc) is 2.74. The van der Waals surface area contributed by atoms with Crippen LogP contribution in [0.5, 0.6) is 0 Å². The Morgan fingerprint density at radius 3 is 2.58 bits per heavy atom. The van der Waals surface area contributed by atoms with Crippen LogP contribution in [-0.4, -0.2) is 30.4 Å². The van der Waals surface area contributed by atoms with Crippen LogP contribution in [0.1, 0.15) is 24.5 Å². The van der Waals surface area contributed by atoms with E-state index in [9.17, 15) is 4.79 Å². The molecule has 0 aliphatic carbocycles. The maximum atomic E-state index is 13.0. The van der Waals surface area contributed by atoms with E-state index in [1.807, 2.05) is 35.2 Å². The second-order valence-electron chi connectivity index (χ2n) is 6.51. The Morgan fingerprint density at radius 2 is 1.88 bits per heavy atom. The monoisotopic (exact) mass is 323 g/mol. The van der Waals surface area contributed by atoms with Gasteiger partial charge in [-0.2, -0.15) is 0 Å². The molecule has 4 nitrogen and oxygen atoms in total. The average molecular weight is 323 g/mol. The number of hydrogen-bond acceptors (Lipinski definition) is 3. The van der Waals surface area contributed by atoms with Crippen molar-refractivity contribution in [1.82, 2.24) is 4.90 Å². The number of benzene rings is 2. The molecule has 1 aliphatic rings. The van der Waals surface area contributed by atoms with Crippen molar-refractivity contribution in [2.24, 2.45) is 0 Å². The normalized spacial score (nSPS) is 17.3. The Kier molecular flexibility index (Phi) is 4.74. The number of nitrogen functional groups attached to an aromatic ring is 1. The van der Waals surface area contributed by atoms with Crippen LogP contribution in [0.2, 0.25) is 0 Å². The van der Waals surface area contributed by atoms with Crippen LogP contribution in [0.25, 0.3) is 0 Å². The summed E-state index contributed by atoms with van der Waals surface area (Å²) < 4.78 is 0. The Hall–Kier alpha value is -2.49. The van der Waals surface area contributed by atoms with E-state index in [1.165, 1.54) is 11.3 Å². The SMILES string of the molecule is CC[C@@H]1CN(C)c2ccccc2CN1C(=O)Cc1ccc(N)cc1. The van der Waals surface area contributed by atoms with Crippen LogP contribution in [0.15, 0.2) is 48.5 Å². The van der Waals surface area contributed by atoms with Crippen molar-refractivity contribution in [2.75, 3.05) is 24.2 Å². The van der Waals surface area contributed by atoms with E-state index < -0.39 is 0 Å². The summed E-state index contributed by atoms with van der Waals surface area (Å²) in [7, 11) is 2.11. The molecule has 0 radical (unpaired) electrons. The van der Waals surface area contributed by atoms with Gasteiger partial charge in [-0.15, -0.1) is 0 Å². The van der Waals surface area contributed by atoms with E-state index in [0.717, 1.165) is 24.2 Å². The highest BCUT2D eigenvalue weighted by Crippen LogP contribution is 2.27. The van der Waals surface area contributed by atoms with Crippen molar-refractivity contribution in [2.45, 2.75) is 32.4 Å². The third kappa shape index (κ3) is 3.37. The van der Waals surface area contributed by atoms with Crippen LogP contribution >= 0.6 is 0 Å². The number of fused-ring (bicyclic) bond motifs is 1. The van der Waals surface area contributed by atoms with Gasteiger partial charge in [0.1, 0.15) is 0 Å². The van der Waals surface area contributed by atoms with Gasteiger partial charge in [0.2, 0.25) is 5.91 Å². The number of para-hydroxylation sites is 1. The molecule has 1 atom stereocenters. The number of nitrogens with two attached hydrogens (primary N) is 1. The molecule has 2 aromatic rings. The predicted molar refractivity (Wildman–Crippen MR) is 98.9 cm³/mol. The van der Waals surface area contributed by atoms with Gasteiger partial charge in [-0.3, -0.25) is 4.79 Å². The molecule has 0 saturated carbocycles. The van der Waals surface area contributed by atoms with Gasteiger partial charge in [0.15, 0.2) is 0 Å². The first kappa shape index (κ1) is 16.4. The largest absolute Gasteiger partial charge is 0.399 e. The van der Waals surface area contributed by atoms with Crippen LogP contribution in [-0.2, 0) is 17.8 Å². The summed E-state index contributed by atoms with van der Waals surface area (Å²) in [5.74, 6) is 0.178. The van der Waals surface area contributed by atoms with Gasteiger partial charge >= 0.3 is 0 Å². The highest BCUT2D eigenvalue weighted by molar-refractivity contribution is 5.80. The van der Waals surface area contributed by atoms with Crippen LogP contribution in [0.4, 0.5) is 11.4 Å². The molecule has 0 saturated heterocycles. The molecule has 24 heavy (non-hydrogen) atoms. The van der Waals surface area contributed by atoms with E-state index in [-0.39, 0.29) is 11.9 Å². The Bertz CT molecular complexity index is 711. The van der Waals surface area contributed by atoms with E-state index in [4.69, 9.17) is 5.73 Å². The molecule has 2 aromatic carbocycles. The van der Waals surface area contributed by atoms with Crippen molar-refractivity contribution in [1.29, 1.82) is 0 Å². The Balaban J connectivity index is 1.84. The number of amides is 1. The van der Waals surface area contributed by atoms with Crippen molar-refractivity contribution in [3.8, 4) is 0 Å². The topological polar surface area (TPSA) is 49.6 Å². The minimum Gasteiger partial charge on any atom is -0.399 e. The predicted octanol–water partition coefficient (Wildman–Crippen LogP) is 3.07. The second-order valence-corrected chi connectivity index (χ2v) is 6.51. The lowest BCUT2D eigenvalue weighted by molar-refractivity contribution is -0.133. The number of nitrogens with zero attached hydrogens (tertiary/aromatic N) is 2. The van der Waals surface area contributed by atoms with Crippen LogP contribution in [0, 0.1) is 0 Å². The smallest absolute Gasteiger partial charge is 0.227 e. The zero-order valence-corrected chi connectivity index (χ0v) is 14.4. The first-order chi connectivity index (χ1) is 11.6. The maximum Gasteiger partial charge on any atom is 0.227 e. The summed E-state index contributed by atoms with van der Waals surface area (Å²) in [5.41, 5.74) is 9.90. The number of carbonyl (C=O) groups is 1. The lowest BCUT2D eigenvalue weighted by Crippen LogP contribution is -2.44. The zero-order chi connectivity index (χ0) is 17.1. The molecule has 0 fully saturated rings. The first-order valence-corrected chi connectivity index (χ1v) is 8.51. The van der Waals surface area contributed by atoms with Gasteiger partial charge in [0.05, 0.1) is 6.42 Å². The molecule has 1 heterocycles. The van der Waals surface area contributed by atoms with E-state index in [2.05, 4.69) is 37.1 Å². The quantitative estimate of drug-likeness (QED) is 0.883. The highest BCUT2D eigenvalue weighted by Gasteiger charge is 2.28. The highest BCUT2D eigenvalue weighted by atomic mass is 16.2. The molecular weight excluding hydrogens is 298 g/mol. The molecule has 0 spiro atoms. The van der Waals surface area contributed by atoms with Crippen LogP contribution in [0.3, 0.4) is 0 Å². The molecule has 0 bridgehead atoms. The standard InChI is InChI=1S/C20H25N3O/c1-3-18-14-22(2)19-7-5-4-6-16(19)13-23(18)20(24)12-15-8-10-17(21)11-9-15/h4-11,18H,3,12-14,21H2,1-2H3/t18-/m1/s1. The van der Waals surface area contributed by atoms with E-state index >= 15 is 0 Å². The number of likely N-dealkylation sites (N-methyl/N-ethyl adjacent to an activating group) is 1. The number of carbonyl (C=O) groups excluding carboxylic acids is 1. The lowest BCUT2D eigenvalue weighted by atomic mass is 10.1. The Labute approximate surface area is 143 Å². The second kappa shape index (κ2) is 6.95. The molecule has 4 heteroatoms. The third-order valence-corrected chi connectivity index (χ3v) is 4.80. The lowest BCUT2D eigenvalue weighted by Gasteiger charge is -2.31. The first-order valence-electron chi connectivity index (χ1n) is 8.51. The summed E-state index contributed by atoms with van der Waals surface area (Å²) in [6.07, 6.45) is 1.37. The molecule has 2 N–H and O–H groups in total. The van der Waals surface area contributed by atoms with Crippen molar-refractivity contribution >= 4 is 17.3 Å². The van der Waals surface area contributed by atoms with Gasteiger partial charge in [-0.1, -0.05) is 37.3 Å². The fraction of sp³-hybridized carbons (Fsp3) is 0.350. The fourth-order valence-electron chi connectivity index (χ4n) is 3.40. The minimum absolute atomic E-state index is 0.178. The van der Waals surface area contributed by atoms with Gasteiger partial charge < -0.3 is 15.5 Å². The maximum absolute atomic E-state index is 13.0. The van der Waals surface area contributed by atoms with Crippen molar-refractivity contribution in [3.05, 3.63) is 59.7 Å². The molecule has 0 unspecified atom stereocenters. The summed E-state index contributed by atoms with van der Waals surface area (Å²) in [6, 6.07) is 16.2. The van der Waals surface area contributed by atoms with Crippen molar-refractivity contribution in [3.63, 3.8) is 0 Å². The van der Waals surface area contributed by atoms with Gasteiger partial charge in [-0.25, -0.2) is 0 Å². The summed E-state index contributed by atoms with van der Waals surface area (Å²) in [4.78, 5) is 17.3. The van der Waals surface area contributed by atoms with E-state index in [0.29, 0.717) is 13.0 Å². The number of hydrogen-bond donors (Lipinski definition) is 1. The molecule has 1 amide bonds. The molecule has 126 valence electrons. The number of anilines is 2.